The number of para-hydroxylation sites is 1. The predicted molar refractivity (Wildman–Crippen MR) is 115 cm³/mol. The van der Waals surface area contributed by atoms with Gasteiger partial charge in [-0.2, -0.15) is 0 Å². The van der Waals surface area contributed by atoms with Gasteiger partial charge >= 0.3 is 0 Å². The molecule has 1 aromatic heterocycles. The Kier molecular flexibility index (Phi) is 6.49. The maximum atomic E-state index is 12.7. The fourth-order valence-electron chi connectivity index (χ4n) is 4.13. The van der Waals surface area contributed by atoms with Crippen molar-refractivity contribution >= 4 is 23.4 Å². The second-order valence-corrected chi connectivity index (χ2v) is 8.51. The molecule has 2 aromatic rings. The molecule has 2 aliphatic rings. The van der Waals surface area contributed by atoms with Crippen LogP contribution in [0.15, 0.2) is 59.8 Å². The number of piperidine rings is 1. The number of likely N-dealkylation sites (tertiary alicyclic amines) is 1. The highest BCUT2D eigenvalue weighted by atomic mass is 32.2. The van der Waals surface area contributed by atoms with Crippen LogP contribution < -0.4 is 4.90 Å². The lowest BCUT2D eigenvalue weighted by Gasteiger charge is -2.44. The first-order valence-corrected chi connectivity index (χ1v) is 11.1. The lowest BCUT2D eigenvalue weighted by molar-refractivity contribution is -0.130. The molecule has 2 aliphatic heterocycles. The van der Waals surface area contributed by atoms with Crippen LogP contribution >= 0.6 is 11.8 Å². The van der Waals surface area contributed by atoms with Crippen molar-refractivity contribution in [3.05, 3.63) is 54.9 Å². The summed E-state index contributed by atoms with van der Waals surface area (Å²) in [7, 11) is 0. The van der Waals surface area contributed by atoms with Crippen molar-refractivity contribution < 1.29 is 4.79 Å². The molecule has 2 saturated heterocycles. The Morgan fingerprint density at radius 1 is 1.00 bits per heavy atom. The quantitative estimate of drug-likeness (QED) is 0.727. The van der Waals surface area contributed by atoms with E-state index in [1.165, 1.54) is 12.1 Å². The number of carbonyl (C=O) groups is 1. The summed E-state index contributed by atoms with van der Waals surface area (Å²) in [5.74, 6) is 0.771. The third-order valence-electron chi connectivity index (χ3n) is 5.71. The van der Waals surface area contributed by atoms with Gasteiger partial charge in [0.1, 0.15) is 0 Å². The molecule has 4 rings (SSSR count). The van der Waals surface area contributed by atoms with Gasteiger partial charge in [0.05, 0.1) is 5.75 Å². The fourth-order valence-corrected chi connectivity index (χ4v) is 4.92. The minimum atomic E-state index is 0.259. The number of piperazine rings is 1. The van der Waals surface area contributed by atoms with Gasteiger partial charge < -0.3 is 9.80 Å². The molecule has 0 spiro atoms. The number of benzene rings is 1. The van der Waals surface area contributed by atoms with Crippen LogP contribution in [0.3, 0.4) is 0 Å². The highest BCUT2D eigenvalue weighted by molar-refractivity contribution is 8.00. The maximum absolute atomic E-state index is 12.7. The number of aromatic nitrogens is 1. The first-order valence-electron chi connectivity index (χ1n) is 10.1. The molecule has 0 N–H and O–H groups in total. The minimum Gasteiger partial charge on any atom is -0.369 e. The molecular formula is C22H28N4OS. The molecule has 0 aliphatic carbocycles. The first kappa shape index (κ1) is 19.3. The zero-order valence-corrected chi connectivity index (χ0v) is 17.1. The highest BCUT2D eigenvalue weighted by Gasteiger charge is 2.29. The van der Waals surface area contributed by atoms with Gasteiger partial charge in [-0.3, -0.25) is 14.7 Å². The zero-order valence-electron chi connectivity index (χ0n) is 16.2. The molecule has 0 radical (unpaired) electrons. The van der Waals surface area contributed by atoms with E-state index in [1.54, 1.807) is 24.2 Å². The van der Waals surface area contributed by atoms with Crippen molar-refractivity contribution in [1.29, 1.82) is 0 Å². The second kappa shape index (κ2) is 9.43. The number of amides is 1. The molecule has 28 heavy (non-hydrogen) atoms. The van der Waals surface area contributed by atoms with Gasteiger partial charge in [-0.15, -0.1) is 11.8 Å². The van der Waals surface area contributed by atoms with Crippen LogP contribution in [0, 0.1) is 0 Å². The number of thioether (sulfide) groups is 1. The van der Waals surface area contributed by atoms with E-state index in [0.717, 1.165) is 50.6 Å². The van der Waals surface area contributed by atoms with Crippen molar-refractivity contribution in [2.75, 3.05) is 49.9 Å². The molecule has 5 nitrogen and oxygen atoms in total. The summed E-state index contributed by atoms with van der Waals surface area (Å²) < 4.78 is 0. The van der Waals surface area contributed by atoms with Crippen LogP contribution in [0.5, 0.6) is 0 Å². The van der Waals surface area contributed by atoms with Crippen LogP contribution in [0.4, 0.5) is 5.69 Å². The van der Waals surface area contributed by atoms with Crippen molar-refractivity contribution in [1.82, 2.24) is 14.8 Å². The largest absolute Gasteiger partial charge is 0.369 e. The maximum Gasteiger partial charge on any atom is 0.232 e. The van der Waals surface area contributed by atoms with Crippen LogP contribution in [0.25, 0.3) is 0 Å². The molecule has 3 heterocycles. The van der Waals surface area contributed by atoms with Crippen molar-refractivity contribution in [2.24, 2.45) is 0 Å². The van der Waals surface area contributed by atoms with Gasteiger partial charge in [0, 0.05) is 68.3 Å². The van der Waals surface area contributed by atoms with E-state index in [2.05, 4.69) is 50.0 Å². The van der Waals surface area contributed by atoms with Gasteiger partial charge in [0.25, 0.3) is 0 Å². The average molecular weight is 397 g/mol. The number of pyridine rings is 1. The number of hydrogen-bond acceptors (Lipinski definition) is 5. The third-order valence-corrected chi connectivity index (χ3v) is 6.71. The molecule has 148 valence electrons. The topological polar surface area (TPSA) is 39.7 Å². The molecule has 1 amide bonds. The summed E-state index contributed by atoms with van der Waals surface area (Å²) in [4.78, 5) is 25.0. The van der Waals surface area contributed by atoms with Crippen molar-refractivity contribution in [3.63, 3.8) is 0 Å². The summed E-state index contributed by atoms with van der Waals surface area (Å²) in [5.41, 5.74) is 1.32. The lowest BCUT2D eigenvalue weighted by atomic mass is 10.0. The Labute approximate surface area is 171 Å². The van der Waals surface area contributed by atoms with E-state index in [0.29, 0.717) is 11.8 Å². The Hall–Kier alpha value is -2.05. The molecule has 2 fully saturated rings. The predicted octanol–water partition coefficient (Wildman–Crippen LogP) is 2.99. The first-order chi connectivity index (χ1) is 13.8. The Balaban J connectivity index is 1.26. The van der Waals surface area contributed by atoms with E-state index in [1.807, 2.05) is 12.1 Å². The Bertz CT molecular complexity index is 750. The molecule has 1 unspecified atom stereocenters. The third kappa shape index (κ3) is 4.86. The van der Waals surface area contributed by atoms with Crippen LogP contribution in [0.2, 0.25) is 0 Å². The summed E-state index contributed by atoms with van der Waals surface area (Å²) in [6.45, 7) is 6.05. The Morgan fingerprint density at radius 2 is 1.75 bits per heavy atom. The van der Waals surface area contributed by atoms with Gasteiger partial charge in [-0.1, -0.05) is 18.2 Å². The number of hydrogen-bond donors (Lipinski definition) is 0. The van der Waals surface area contributed by atoms with Crippen LogP contribution in [-0.2, 0) is 4.79 Å². The van der Waals surface area contributed by atoms with Gasteiger partial charge in [0.2, 0.25) is 5.91 Å². The fraction of sp³-hybridized carbons (Fsp3) is 0.455. The van der Waals surface area contributed by atoms with E-state index in [-0.39, 0.29) is 5.91 Å². The number of carbonyl (C=O) groups excluding carboxylic acids is 1. The van der Waals surface area contributed by atoms with Gasteiger partial charge in [-0.05, 0) is 37.1 Å². The second-order valence-electron chi connectivity index (χ2n) is 7.47. The standard InChI is InChI=1S/C22H28N4OS/c27-22(18-28-21-8-10-23-11-9-21)26-12-4-7-20(17-26)25-15-13-24(14-16-25)19-5-2-1-3-6-19/h1-3,5-6,8-11,20H,4,7,12-18H2. The average Bonchev–Trinajstić information content (AvgIpc) is 2.79. The zero-order chi connectivity index (χ0) is 19.2. The molecule has 1 aromatic carbocycles. The molecular weight excluding hydrogens is 368 g/mol. The van der Waals surface area contributed by atoms with E-state index < -0.39 is 0 Å². The SMILES string of the molecule is O=C(CSc1ccncc1)N1CCCC(N2CCN(c3ccccc3)CC2)C1. The minimum absolute atomic E-state index is 0.259. The number of rotatable bonds is 5. The van der Waals surface area contributed by atoms with E-state index in [9.17, 15) is 4.79 Å². The number of nitrogens with zero attached hydrogens (tertiary/aromatic N) is 4. The Morgan fingerprint density at radius 3 is 2.50 bits per heavy atom. The molecule has 1 atom stereocenters. The molecule has 0 saturated carbocycles. The molecule has 0 bridgehead atoms. The monoisotopic (exact) mass is 396 g/mol. The van der Waals surface area contributed by atoms with E-state index >= 15 is 0 Å². The summed E-state index contributed by atoms with van der Waals surface area (Å²) >= 11 is 1.61. The summed E-state index contributed by atoms with van der Waals surface area (Å²) in [6, 6.07) is 15.1. The lowest BCUT2D eigenvalue weighted by Crippen LogP contribution is -2.56. The van der Waals surface area contributed by atoms with Gasteiger partial charge in [-0.25, -0.2) is 0 Å². The van der Waals surface area contributed by atoms with Gasteiger partial charge in [0.15, 0.2) is 0 Å². The van der Waals surface area contributed by atoms with Crippen molar-refractivity contribution in [2.45, 2.75) is 23.8 Å². The summed E-state index contributed by atoms with van der Waals surface area (Å²) in [6.07, 6.45) is 5.86. The van der Waals surface area contributed by atoms with Crippen molar-refractivity contribution in [3.8, 4) is 0 Å². The van der Waals surface area contributed by atoms with E-state index in [4.69, 9.17) is 0 Å². The highest BCUT2D eigenvalue weighted by Crippen LogP contribution is 2.22. The number of anilines is 1. The summed E-state index contributed by atoms with van der Waals surface area (Å²) in [5, 5.41) is 0. The van der Waals surface area contributed by atoms with Crippen LogP contribution in [-0.4, -0.2) is 71.8 Å². The van der Waals surface area contributed by atoms with Crippen LogP contribution in [0.1, 0.15) is 12.8 Å². The molecule has 6 heteroatoms. The smallest absolute Gasteiger partial charge is 0.232 e. The normalized spacial score (nSPS) is 20.9.